The zero-order valence-electron chi connectivity index (χ0n) is 13.4. The van der Waals surface area contributed by atoms with E-state index in [9.17, 15) is 14.4 Å². The summed E-state index contributed by atoms with van der Waals surface area (Å²) >= 11 is 1.10. The zero-order valence-corrected chi connectivity index (χ0v) is 14.2. The molecule has 0 bridgehead atoms. The molecule has 0 N–H and O–H groups in total. The fraction of sp³-hybridized carbons (Fsp3) is 0.467. The van der Waals surface area contributed by atoms with E-state index >= 15 is 0 Å². The summed E-state index contributed by atoms with van der Waals surface area (Å²) in [6.45, 7) is 5.44. The lowest BCUT2D eigenvalue weighted by atomic mass is 10.2. The number of nitrogens with zero attached hydrogens (tertiary/aromatic N) is 2. The molecule has 2 aromatic rings. The Morgan fingerprint density at radius 1 is 1.43 bits per heavy atom. The highest BCUT2D eigenvalue weighted by Crippen LogP contribution is 2.27. The maximum absolute atomic E-state index is 12.7. The predicted molar refractivity (Wildman–Crippen MR) is 85.9 cm³/mol. The van der Waals surface area contributed by atoms with Crippen molar-refractivity contribution in [3.63, 3.8) is 0 Å². The van der Waals surface area contributed by atoms with Gasteiger partial charge in [-0.2, -0.15) is 0 Å². The van der Waals surface area contributed by atoms with Crippen LogP contribution in [0.1, 0.15) is 41.5 Å². The average molecular weight is 338 g/mol. The van der Waals surface area contributed by atoms with Crippen molar-refractivity contribution in [3.05, 3.63) is 27.1 Å². The fourth-order valence-electron chi connectivity index (χ4n) is 2.14. The Bertz CT molecular complexity index is 808. The van der Waals surface area contributed by atoms with Crippen molar-refractivity contribution in [2.45, 2.75) is 33.2 Å². The molecule has 124 valence electrons. The Morgan fingerprint density at radius 3 is 2.74 bits per heavy atom. The first kappa shape index (κ1) is 17.1. The molecule has 0 spiro atoms. The summed E-state index contributed by atoms with van der Waals surface area (Å²) in [5.74, 6) is -0.997. The number of rotatable bonds is 5. The summed E-state index contributed by atoms with van der Waals surface area (Å²) in [6, 6.07) is -0.785. The Morgan fingerprint density at radius 2 is 2.13 bits per heavy atom. The van der Waals surface area contributed by atoms with Crippen molar-refractivity contribution in [1.82, 2.24) is 9.55 Å². The summed E-state index contributed by atoms with van der Waals surface area (Å²) in [5, 5.41) is 0.327. The second-order valence-corrected chi connectivity index (χ2v) is 6.03. The fourth-order valence-corrected chi connectivity index (χ4v) is 3.19. The molecular formula is C15H18N2O5S. The molecule has 0 aromatic carbocycles. The standard InChI is InChI=1S/C15H18N2O5S/c1-5-6-22-14(19)9(3)17-7-16-12-10(13(17)18)8(2)11(23-12)15(20)21-4/h7,9H,5-6H2,1-4H3/t9-/m1/s1. The van der Waals surface area contributed by atoms with Crippen LogP contribution in [-0.2, 0) is 14.3 Å². The second kappa shape index (κ2) is 6.91. The van der Waals surface area contributed by atoms with E-state index < -0.39 is 18.0 Å². The number of carbonyl (C=O) groups is 2. The van der Waals surface area contributed by atoms with Gasteiger partial charge in [-0.15, -0.1) is 11.3 Å². The summed E-state index contributed by atoms with van der Waals surface area (Å²) in [7, 11) is 1.28. The van der Waals surface area contributed by atoms with Gasteiger partial charge in [0.1, 0.15) is 15.7 Å². The van der Waals surface area contributed by atoms with Crippen LogP contribution in [0.2, 0.25) is 0 Å². The highest BCUT2D eigenvalue weighted by Gasteiger charge is 2.23. The third-order valence-corrected chi connectivity index (χ3v) is 4.63. The number of aromatic nitrogens is 2. The molecule has 0 aliphatic heterocycles. The van der Waals surface area contributed by atoms with E-state index in [0.717, 1.165) is 11.3 Å². The van der Waals surface area contributed by atoms with Crippen LogP contribution in [0.5, 0.6) is 0 Å². The van der Waals surface area contributed by atoms with Crippen molar-refractivity contribution in [2.24, 2.45) is 0 Å². The maximum Gasteiger partial charge on any atom is 0.348 e. The highest BCUT2D eigenvalue weighted by molar-refractivity contribution is 7.20. The molecule has 0 unspecified atom stereocenters. The normalized spacial score (nSPS) is 12.2. The van der Waals surface area contributed by atoms with Crippen LogP contribution < -0.4 is 5.56 Å². The van der Waals surface area contributed by atoms with E-state index in [0.29, 0.717) is 33.7 Å². The number of hydrogen-bond acceptors (Lipinski definition) is 7. The molecule has 0 amide bonds. The van der Waals surface area contributed by atoms with Crippen molar-refractivity contribution >= 4 is 33.5 Å². The van der Waals surface area contributed by atoms with Crippen LogP contribution in [0.3, 0.4) is 0 Å². The van der Waals surface area contributed by atoms with Gasteiger partial charge in [0.25, 0.3) is 5.56 Å². The van der Waals surface area contributed by atoms with E-state index in [4.69, 9.17) is 9.47 Å². The van der Waals surface area contributed by atoms with Crippen molar-refractivity contribution in [2.75, 3.05) is 13.7 Å². The molecule has 8 heteroatoms. The highest BCUT2D eigenvalue weighted by atomic mass is 32.1. The minimum atomic E-state index is -0.785. The Balaban J connectivity index is 2.50. The Hall–Kier alpha value is -2.22. The molecule has 0 aliphatic carbocycles. The first-order chi connectivity index (χ1) is 10.9. The molecule has 2 aromatic heterocycles. The van der Waals surface area contributed by atoms with Crippen LogP contribution in [0.25, 0.3) is 10.2 Å². The minimum Gasteiger partial charge on any atom is -0.465 e. The van der Waals surface area contributed by atoms with Gasteiger partial charge in [-0.3, -0.25) is 9.36 Å². The van der Waals surface area contributed by atoms with Crippen LogP contribution in [0.4, 0.5) is 0 Å². The van der Waals surface area contributed by atoms with Gasteiger partial charge in [-0.05, 0) is 25.8 Å². The number of thiophene rings is 1. The Kier molecular flexibility index (Phi) is 5.15. The van der Waals surface area contributed by atoms with Gasteiger partial charge in [-0.25, -0.2) is 14.6 Å². The number of ether oxygens (including phenoxy) is 2. The number of fused-ring (bicyclic) bond motifs is 1. The molecule has 0 aliphatic rings. The summed E-state index contributed by atoms with van der Waals surface area (Å²) in [6.07, 6.45) is 2.01. The van der Waals surface area contributed by atoms with Crippen molar-refractivity contribution in [3.8, 4) is 0 Å². The van der Waals surface area contributed by atoms with E-state index in [1.165, 1.54) is 18.0 Å². The zero-order chi connectivity index (χ0) is 17.1. The third kappa shape index (κ3) is 3.12. The van der Waals surface area contributed by atoms with E-state index in [2.05, 4.69) is 4.98 Å². The maximum atomic E-state index is 12.7. The van der Waals surface area contributed by atoms with Gasteiger partial charge in [0.05, 0.1) is 25.4 Å². The van der Waals surface area contributed by atoms with Gasteiger partial charge in [-0.1, -0.05) is 6.92 Å². The number of methoxy groups -OCH3 is 1. The van der Waals surface area contributed by atoms with Crippen molar-refractivity contribution in [1.29, 1.82) is 0 Å². The Labute approximate surface area is 136 Å². The molecule has 0 saturated carbocycles. The monoisotopic (exact) mass is 338 g/mol. The summed E-state index contributed by atoms with van der Waals surface area (Å²) in [5.41, 5.74) is 0.137. The van der Waals surface area contributed by atoms with E-state index in [1.807, 2.05) is 6.92 Å². The third-order valence-electron chi connectivity index (χ3n) is 3.45. The summed E-state index contributed by atoms with van der Waals surface area (Å²) in [4.78, 5) is 41.3. The van der Waals surface area contributed by atoms with Gasteiger partial charge in [0.2, 0.25) is 0 Å². The quantitative estimate of drug-likeness (QED) is 0.776. The minimum absolute atomic E-state index is 0.303. The molecule has 7 nitrogen and oxygen atoms in total. The molecule has 0 saturated heterocycles. The topological polar surface area (TPSA) is 87.5 Å². The lowest BCUT2D eigenvalue weighted by molar-refractivity contribution is -0.147. The average Bonchev–Trinajstić information content (AvgIpc) is 2.89. The van der Waals surface area contributed by atoms with E-state index in [1.54, 1.807) is 13.8 Å². The van der Waals surface area contributed by atoms with Crippen LogP contribution in [0, 0.1) is 6.92 Å². The molecule has 1 atom stereocenters. The number of hydrogen-bond donors (Lipinski definition) is 0. The number of aryl methyl sites for hydroxylation is 1. The lowest BCUT2D eigenvalue weighted by Crippen LogP contribution is -2.29. The SMILES string of the molecule is CCCOC(=O)[C@@H](C)n1cnc2sc(C(=O)OC)c(C)c2c1=O. The first-order valence-corrected chi connectivity index (χ1v) is 7.99. The van der Waals surface area contributed by atoms with Gasteiger partial charge in [0.15, 0.2) is 0 Å². The molecule has 23 heavy (non-hydrogen) atoms. The van der Waals surface area contributed by atoms with Crippen LogP contribution >= 0.6 is 11.3 Å². The van der Waals surface area contributed by atoms with Crippen molar-refractivity contribution < 1.29 is 19.1 Å². The number of carbonyl (C=O) groups excluding carboxylic acids is 2. The van der Waals surface area contributed by atoms with Crippen LogP contribution in [0.15, 0.2) is 11.1 Å². The van der Waals surface area contributed by atoms with Gasteiger partial charge in [0, 0.05) is 0 Å². The molecule has 0 fully saturated rings. The smallest absolute Gasteiger partial charge is 0.348 e. The largest absolute Gasteiger partial charge is 0.465 e. The molecular weight excluding hydrogens is 320 g/mol. The van der Waals surface area contributed by atoms with Gasteiger partial charge < -0.3 is 9.47 Å². The lowest BCUT2D eigenvalue weighted by Gasteiger charge is -2.13. The van der Waals surface area contributed by atoms with E-state index in [-0.39, 0.29) is 5.56 Å². The predicted octanol–water partition coefficient (Wildman–Crippen LogP) is 2.07. The summed E-state index contributed by atoms with van der Waals surface area (Å²) < 4.78 is 11.0. The molecule has 2 rings (SSSR count). The first-order valence-electron chi connectivity index (χ1n) is 7.17. The van der Waals surface area contributed by atoms with Gasteiger partial charge >= 0.3 is 11.9 Å². The second-order valence-electron chi connectivity index (χ2n) is 5.03. The van der Waals surface area contributed by atoms with Crippen LogP contribution in [-0.4, -0.2) is 35.2 Å². The molecule has 0 radical (unpaired) electrons. The molecule has 2 heterocycles. The number of esters is 2.